The molecule has 3 nitrogen and oxygen atoms in total. The lowest BCUT2D eigenvalue weighted by Gasteiger charge is -2.29. The number of nitrogens with zero attached hydrogens (tertiary/aromatic N) is 1. The number of anilines is 2. The summed E-state index contributed by atoms with van der Waals surface area (Å²) in [7, 11) is 3.89. The van der Waals surface area contributed by atoms with Gasteiger partial charge in [0, 0.05) is 38.2 Å². The monoisotopic (exact) mass is 296 g/mol. The van der Waals surface area contributed by atoms with Crippen molar-refractivity contribution in [1.82, 2.24) is 5.32 Å². The smallest absolute Gasteiger partial charge is 0.0480 e. The molecule has 1 N–H and O–H groups in total. The van der Waals surface area contributed by atoms with Crippen LogP contribution in [0.1, 0.15) is 23.6 Å². The molecule has 2 aromatic rings. The number of rotatable bonds is 5. The van der Waals surface area contributed by atoms with E-state index in [1.807, 2.05) is 0 Å². The predicted octanol–water partition coefficient (Wildman–Crippen LogP) is 3.68. The van der Waals surface area contributed by atoms with Gasteiger partial charge in [0.05, 0.1) is 0 Å². The molecule has 3 heteroatoms. The van der Waals surface area contributed by atoms with Crippen LogP contribution in [-0.2, 0) is 11.2 Å². The first-order valence-electron chi connectivity index (χ1n) is 7.93. The van der Waals surface area contributed by atoms with Gasteiger partial charge in [0.25, 0.3) is 0 Å². The first-order valence-corrected chi connectivity index (χ1v) is 7.93. The van der Waals surface area contributed by atoms with E-state index in [-0.39, 0.29) is 0 Å². The Morgan fingerprint density at radius 1 is 1.14 bits per heavy atom. The third kappa shape index (κ3) is 3.16. The molecule has 0 bridgehead atoms. The van der Waals surface area contributed by atoms with Gasteiger partial charge in [-0.15, -0.1) is 0 Å². The summed E-state index contributed by atoms with van der Waals surface area (Å²) in [5.74, 6) is 0. The molecule has 1 aliphatic rings. The first-order chi connectivity index (χ1) is 10.8. The van der Waals surface area contributed by atoms with Gasteiger partial charge in [-0.25, -0.2) is 0 Å². The van der Waals surface area contributed by atoms with Crippen LogP contribution in [-0.4, -0.2) is 27.3 Å². The highest BCUT2D eigenvalue weighted by molar-refractivity contribution is 5.64. The maximum absolute atomic E-state index is 5.26. The Morgan fingerprint density at radius 2 is 1.95 bits per heavy atom. The van der Waals surface area contributed by atoms with Crippen molar-refractivity contribution in [1.29, 1.82) is 0 Å². The number of para-hydroxylation sites is 1. The molecule has 0 radical (unpaired) electrons. The molecule has 0 fully saturated rings. The van der Waals surface area contributed by atoms with Gasteiger partial charge in [-0.2, -0.15) is 0 Å². The lowest BCUT2D eigenvalue weighted by Crippen LogP contribution is -2.30. The van der Waals surface area contributed by atoms with Gasteiger partial charge >= 0.3 is 0 Å². The topological polar surface area (TPSA) is 24.5 Å². The summed E-state index contributed by atoms with van der Waals surface area (Å²) in [5, 5.41) is 3.62. The normalized spacial score (nSPS) is 17.1. The molecule has 1 unspecified atom stereocenters. The average Bonchev–Trinajstić information content (AvgIpc) is 2.59. The Balaban J connectivity index is 1.88. The average molecular weight is 296 g/mol. The molecule has 1 heterocycles. The highest BCUT2D eigenvalue weighted by atomic mass is 16.5. The van der Waals surface area contributed by atoms with Gasteiger partial charge in [0.1, 0.15) is 0 Å². The second-order valence-electron chi connectivity index (χ2n) is 5.82. The molecule has 0 aliphatic carbocycles. The molecule has 22 heavy (non-hydrogen) atoms. The van der Waals surface area contributed by atoms with Crippen LogP contribution in [0.2, 0.25) is 0 Å². The minimum atomic E-state index is 0.396. The van der Waals surface area contributed by atoms with E-state index >= 15 is 0 Å². The Morgan fingerprint density at radius 3 is 2.73 bits per heavy atom. The third-order valence-corrected chi connectivity index (χ3v) is 4.43. The molecule has 116 valence electrons. The van der Waals surface area contributed by atoms with Crippen molar-refractivity contribution in [2.45, 2.75) is 18.9 Å². The Bertz CT molecular complexity index is 612. The van der Waals surface area contributed by atoms with E-state index in [9.17, 15) is 0 Å². The summed E-state index contributed by atoms with van der Waals surface area (Å²) < 4.78 is 5.26. The van der Waals surface area contributed by atoms with Gasteiger partial charge in [-0.05, 0) is 54.8 Å². The van der Waals surface area contributed by atoms with Crippen LogP contribution < -0.4 is 10.2 Å². The molecule has 0 saturated heterocycles. The minimum Gasteiger partial charge on any atom is -0.385 e. The Kier molecular flexibility index (Phi) is 4.76. The highest BCUT2D eigenvalue weighted by Crippen LogP contribution is 2.31. The number of methoxy groups -OCH3 is 1. The van der Waals surface area contributed by atoms with Gasteiger partial charge in [0.15, 0.2) is 0 Å². The van der Waals surface area contributed by atoms with E-state index in [2.05, 4.69) is 65.8 Å². The number of hydrogen-bond acceptors (Lipinski definition) is 3. The highest BCUT2D eigenvalue weighted by Gasteiger charge is 2.20. The fraction of sp³-hybridized carbons (Fsp3) is 0.368. The molecule has 0 aromatic heterocycles. The van der Waals surface area contributed by atoms with Crippen molar-refractivity contribution in [3.05, 3.63) is 59.7 Å². The quantitative estimate of drug-likeness (QED) is 0.911. The van der Waals surface area contributed by atoms with Crippen molar-refractivity contribution in [3.8, 4) is 0 Å². The lowest BCUT2D eigenvalue weighted by atomic mass is 9.92. The maximum Gasteiger partial charge on any atom is 0.0480 e. The summed E-state index contributed by atoms with van der Waals surface area (Å²) in [4.78, 5) is 2.24. The van der Waals surface area contributed by atoms with E-state index in [1.54, 1.807) is 7.11 Å². The van der Waals surface area contributed by atoms with Crippen molar-refractivity contribution in [3.63, 3.8) is 0 Å². The van der Waals surface area contributed by atoms with Gasteiger partial charge in [-0.1, -0.05) is 24.3 Å². The van der Waals surface area contributed by atoms with E-state index in [1.165, 1.54) is 22.5 Å². The second-order valence-corrected chi connectivity index (χ2v) is 5.82. The minimum absolute atomic E-state index is 0.396. The number of ether oxygens (including phenoxy) is 1. The molecule has 0 spiro atoms. The van der Waals surface area contributed by atoms with Crippen molar-refractivity contribution >= 4 is 11.4 Å². The fourth-order valence-electron chi connectivity index (χ4n) is 3.13. The Labute approximate surface area is 132 Å². The zero-order valence-corrected chi connectivity index (χ0v) is 13.4. The van der Waals surface area contributed by atoms with Crippen LogP contribution in [0.3, 0.4) is 0 Å². The molecule has 3 rings (SSSR count). The van der Waals surface area contributed by atoms with E-state index < -0.39 is 0 Å². The second kappa shape index (κ2) is 6.95. The fourth-order valence-corrected chi connectivity index (χ4v) is 3.13. The maximum atomic E-state index is 5.26. The van der Waals surface area contributed by atoms with Crippen LogP contribution in [0.15, 0.2) is 48.5 Å². The molecular formula is C19H24N2O. The van der Waals surface area contributed by atoms with Crippen molar-refractivity contribution in [2.75, 3.05) is 32.2 Å². The van der Waals surface area contributed by atoms with Crippen molar-refractivity contribution < 1.29 is 4.74 Å². The summed E-state index contributed by atoms with van der Waals surface area (Å²) in [6.45, 7) is 1.84. The van der Waals surface area contributed by atoms with Crippen LogP contribution in [0.4, 0.5) is 11.4 Å². The molecular weight excluding hydrogens is 272 g/mol. The summed E-state index contributed by atoms with van der Waals surface area (Å²) in [5.41, 5.74) is 5.32. The zero-order chi connectivity index (χ0) is 15.4. The predicted molar refractivity (Wildman–Crippen MR) is 91.9 cm³/mol. The van der Waals surface area contributed by atoms with Crippen LogP contribution in [0.5, 0.6) is 0 Å². The van der Waals surface area contributed by atoms with Crippen LogP contribution in [0, 0.1) is 0 Å². The number of fused-ring (bicyclic) bond motifs is 1. The molecule has 1 aliphatic heterocycles. The molecule has 2 aromatic carbocycles. The summed E-state index contributed by atoms with van der Waals surface area (Å²) in [6.07, 6.45) is 2.12. The van der Waals surface area contributed by atoms with Gasteiger partial charge in [-0.3, -0.25) is 0 Å². The van der Waals surface area contributed by atoms with Crippen LogP contribution >= 0.6 is 0 Å². The zero-order valence-electron chi connectivity index (χ0n) is 13.4. The summed E-state index contributed by atoms with van der Waals surface area (Å²) >= 11 is 0. The van der Waals surface area contributed by atoms with Crippen LogP contribution in [0.25, 0.3) is 0 Å². The van der Waals surface area contributed by atoms with Gasteiger partial charge < -0.3 is 15.0 Å². The molecule has 1 atom stereocenters. The Hall–Kier alpha value is -1.84. The first kappa shape index (κ1) is 15.1. The standard InChI is InChI=1S/C19H24N2O/c1-21(16-6-4-3-5-7-16)17-9-8-15-10-12-20-19(11-13-22-2)18(15)14-17/h3-9,14,19-20H,10-13H2,1-2H3. The number of hydrogen-bond donors (Lipinski definition) is 1. The van der Waals surface area contributed by atoms with Crippen molar-refractivity contribution in [2.24, 2.45) is 0 Å². The molecule has 0 amide bonds. The SMILES string of the molecule is COCCC1NCCc2ccc(N(C)c3ccccc3)cc21. The number of nitrogens with one attached hydrogen (secondary N) is 1. The lowest BCUT2D eigenvalue weighted by molar-refractivity contribution is 0.182. The molecule has 0 saturated carbocycles. The number of benzene rings is 2. The largest absolute Gasteiger partial charge is 0.385 e. The van der Waals surface area contributed by atoms with E-state index in [0.29, 0.717) is 6.04 Å². The van der Waals surface area contributed by atoms with E-state index in [0.717, 1.165) is 26.0 Å². The summed E-state index contributed by atoms with van der Waals surface area (Å²) in [6, 6.07) is 17.7. The van der Waals surface area contributed by atoms with Gasteiger partial charge in [0.2, 0.25) is 0 Å². The van der Waals surface area contributed by atoms with E-state index in [4.69, 9.17) is 4.74 Å². The third-order valence-electron chi connectivity index (χ3n) is 4.43.